The van der Waals surface area contributed by atoms with E-state index in [0.717, 1.165) is 24.0 Å². The zero-order valence-electron chi connectivity index (χ0n) is 15.6. The predicted molar refractivity (Wildman–Crippen MR) is 91.3 cm³/mol. The van der Waals surface area contributed by atoms with Crippen molar-refractivity contribution in [3.63, 3.8) is 0 Å². The molecule has 1 heterocycles. The normalized spacial score (nSPS) is 24.2. The molecule has 1 N–H and O–H groups in total. The van der Waals surface area contributed by atoms with Gasteiger partial charge in [0.05, 0.1) is 34.1 Å². The first-order valence-corrected chi connectivity index (χ1v) is 8.60. The molecule has 126 valence electrons. The van der Waals surface area contributed by atoms with E-state index in [-0.39, 0.29) is 5.91 Å². The second kappa shape index (κ2) is 9.42. The van der Waals surface area contributed by atoms with Gasteiger partial charge in [-0.15, -0.1) is 0 Å². The van der Waals surface area contributed by atoms with Crippen LogP contribution in [0.2, 0.25) is 0 Å². The van der Waals surface area contributed by atoms with Gasteiger partial charge < -0.3 is 9.80 Å². The topological polar surface area (TPSA) is 32.3 Å². The second-order valence-electron chi connectivity index (χ2n) is 6.96. The van der Waals surface area contributed by atoms with Crippen molar-refractivity contribution in [3.8, 4) is 0 Å². The fourth-order valence-corrected chi connectivity index (χ4v) is 2.73. The van der Waals surface area contributed by atoms with Crippen LogP contribution in [0.1, 0.15) is 53.9 Å². The lowest BCUT2D eigenvalue weighted by Crippen LogP contribution is -2.46. The van der Waals surface area contributed by atoms with Crippen molar-refractivity contribution >= 4 is 5.91 Å². The number of carbonyl (C=O) groups excluding carboxylic acids is 1. The van der Waals surface area contributed by atoms with E-state index >= 15 is 0 Å². The van der Waals surface area contributed by atoms with Crippen LogP contribution in [0, 0.1) is 0 Å². The summed E-state index contributed by atoms with van der Waals surface area (Å²) in [5.41, 5.74) is 0. The number of hydrogen-bond donors (Lipinski definition) is 1. The summed E-state index contributed by atoms with van der Waals surface area (Å²) in [5, 5.41) is 3.22. The average Bonchev–Trinajstić information content (AvgIpc) is 2.79. The summed E-state index contributed by atoms with van der Waals surface area (Å²) in [4.78, 5) is 14.5. The lowest BCUT2D eigenvalue weighted by Gasteiger charge is -2.30. The lowest BCUT2D eigenvalue weighted by atomic mass is 10.1. The maximum atomic E-state index is 12.0. The molecule has 1 aliphatic rings. The van der Waals surface area contributed by atoms with Gasteiger partial charge in [-0.2, -0.15) is 0 Å². The van der Waals surface area contributed by atoms with Gasteiger partial charge in [-0.3, -0.25) is 9.69 Å². The molecular weight excluding hydrogens is 262 g/mol. The summed E-state index contributed by atoms with van der Waals surface area (Å²) in [7, 11) is 6.36. The molecule has 0 spiro atoms. The summed E-state index contributed by atoms with van der Waals surface area (Å²) < 4.78 is 0.840. The highest BCUT2D eigenvalue weighted by Crippen LogP contribution is 2.21. The van der Waals surface area contributed by atoms with Gasteiger partial charge in [-0.05, 0) is 26.7 Å². The fourth-order valence-electron chi connectivity index (χ4n) is 2.73. The highest BCUT2D eigenvalue weighted by Gasteiger charge is 2.33. The number of amides is 1. The summed E-state index contributed by atoms with van der Waals surface area (Å²) >= 11 is 0. The molecule has 0 aliphatic carbocycles. The molecule has 4 nitrogen and oxygen atoms in total. The summed E-state index contributed by atoms with van der Waals surface area (Å²) in [5.74, 6) is 0.205. The second-order valence-corrected chi connectivity index (χ2v) is 6.96. The predicted octanol–water partition coefficient (Wildman–Crippen LogP) is 2.49. The minimum atomic E-state index is 0.205. The van der Waals surface area contributed by atoms with Gasteiger partial charge in [-0.25, -0.2) is 0 Å². The van der Waals surface area contributed by atoms with Crippen molar-refractivity contribution in [1.82, 2.24) is 10.2 Å². The van der Waals surface area contributed by atoms with Crippen LogP contribution in [0.4, 0.5) is 0 Å². The monoisotopic (exact) mass is 300 g/mol. The number of hydrogen-bond acceptors (Lipinski definition) is 2. The molecule has 1 aliphatic heterocycles. The van der Waals surface area contributed by atoms with Crippen LogP contribution in [0.25, 0.3) is 0 Å². The molecule has 0 bridgehead atoms. The van der Waals surface area contributed by atoms with E-state index in [1.807, 2.05) is 13.8 Å². The largest absolute Gasteiger partial charge is 0.352 e. The first kappa shape index (κ1) is 20.4. The van der Waals surface area contributed by atoms with E-state index in [4.69, 9.17) is 0 Å². The van der Waals surface area contributed by atoms with Crippen LogP contribution < -0.4 is 5.32 Å². The number of rotatable bonds is 6. The van der Waals surface area contributed by atoms with E-state index < -0.39 is 0 Å². The molecule has 3 unspecified atom stereocenters. The number of likely N-dealkylation sites (tertiary alicyclic amines) is 1. The van der Waals surface area contributed by atoms with Gasteiger partial charge in [0.1, 0.15) is 0 Å². The smallest absolute Gasteiger partial charge is 0.225 e. The molecule has 0 aromatic rings. The van der Waals surface area contributed by atoms with Crippen molar-refractivity contribution < 1.29 is 9.28 Å². The molecule has 0 aromatic heterocycles. The molecule has 0 aromatic carbocycles. The van der Waals surface area contributed by atoms with Crippen molar-refractivity contribution in [2.75, 3.05) is 34.2 Å². The Morgan fingerprint density at radius 2 is 1.90 bits per heavy atom. The van der Waals surface area contributed by atoms with Crippen LogP contribution in [-0.4, -0.2) is 67.6 Å². The van der Waals surface area contributed by atoms with Gasteiger partial charge in [-0.1, -0.05) is 20.8 Å². The highest BCUT2D eigenvalue weighted by molar-refractivity contribution is 5.76. The Kier molecular flexibility index (Phi) is 9.14. The van der Waals surface area contributed by atoms with Crippen LogP contribution in [-0.2, 0) is 4.79 Å². The molecule has 1 fully saturated rings. The molecule has 3 atom stereocenters. The van der Waals surface area contributed by atoms with Crippen LogP contribution in [0.15, 0.2) is 0 Å². The molecule has 1 rings (SSSR count). The number of carbonyl (C=O) groups is 1. The van der Waals surface area contributed by atoms with E-state index in [2.05, 4.69) is 52.1 Å². The Labute approximate surface area is 132 Å². The summed E-state index contributed by atoms with van der Waals surface area (Å²) in [6.45, 7) is 12.7. The third-order valence-electron chi connectivity index (χ3n) is 4.32. The van der Waals surface area contributed by atoms with Crippen LogP contribution in [0.5, 0.6) is 0 Å². The summed E-state index contributed by atoms with van der Waals surface area (Å²) in [6.07, 6.45) is 2.88. The molecule has 1 amide bonds. The van der Waals surface area contributed by atoms with Crippen molar-refractivity contribution in [1.29, 1.82) is 0 Å². The molecule has 1 saturated heterocycles. The molecule has 0 radical (unpaired) electrons. The van der Waals surface area contributed by atoms with Crippen LogP contribution in [0.3, 0.4) is 0 Å². The van der Waals surface area contributed by atoms with Gasteiger partial charge in [0.25, 0.3) is 0 Å². The highest BCUT2D eigenvalue weighted by atomic mass is 16.1. The fraction of sp³-hybridized carbons (Fsp3) is 0.941. The number of nitrogens with zero attached hydrogens (tertiary/aromatic N) is 2. The van der Waals surface area contributed by atoms with Gasteiger partial charge >= 0.3 is 0 Å². The van der Waals surface area contributed by atoms with E-state index in [1.165, 1.54) is 6.42 Å². The Morgan fingerprint density at radius 3 is 2.38 bits per heavy atom. The Bertz CT molecular complexity index is 299. The maximum absolute atomic E-state index is 12.0. The van der Waals surface area contributed by atoms with E-state index in [9.17, 15) is 4.79 Å². The zero-order chi connectivity index (χ0) is 16.6. The van der Waals surface area contributed by atoms with E-state index in [0.29, 0.717) is 24.5 Å². The van der Waals surface area contributed by atoms with Crippen molar-refractivity contribution in [2.45, 2.75) is 72.0 Å². The quantitative estimate of drug-likeness (QED) is 0.764. The Morgan fingerprint density at radius 1 is 1.33 bits per heavy atom. The molecular formula is C17H38N3O+. The average molecular weight is 301 g/mol. The van der Waals surface area contributed by atoms with Gasteiger partial charge in [0.15, 0.2) is 0 Å². The minimum Gasteiger partial charge on any atom is -0.352 e. The maximum Gasteiger partial charge on any atom is 0.225 e. The first-order valence-electron chi connectivity index (χ1n) is 8.60. The van der Waals surface area contributed by atoms with E-state index in [1.54, 1.807) is 0 Å². The summed E-state index contributed by atoms with van der Waals surface area (Å²) in [6, 6.07) is 1.40. The van der Waals surface area contributed by atoms with Crippen LogP contribution >= 0.6 is 0 Å². The standard InChI is InChI=1S/C15H31N3O.C2H6/c1-7-12(2)17-10-8-14(13(17)3)16-15(19)9-11-18(4,5)6;1-2/h12-14H,7-11H2,1-6H3;1-2H3/p+1. The molecule has 0 saturated carbocycles. The zero-order valence-corrected chi connectivity index (χ0v) is 15.6. The third-order valence-corrected chi connectivity index (χ3v) is 4.32. The number of quaternary nitrogens is 1. The van der Waals surface area contributed by atoms with Gasteiger partial charge in [0, 0.05) is 24.7 Å². The van der Waals surface area contributed by atoms with Crippen molar-refractivity contribution in [3.05, 3.63) is 0 Å². The Balaban J connectivity index is 0.00000191. The minimum absolute atomic E-state index is 0.205. The molecule has 21 heavy (non-hydrogen) atoms. The van der Waals surface area contributed by atoms with Gasteiger partial charge in [0.2, 0.25) is 5.91 Å². The SMILES string of the molecule is CC.CCC(C)N1CCC(NC(=O)CC[N+](C)(C)C)C1C. The Hall–Kier alpha value is -0.610. The third kappa shape index (κ3) is 7.28. The lowest BCUT2D eigenvalue weighted by molar-refractivity contribution is -0.869. The number of nitrogens with one attached hydrogen (secondary N) is 1. The first-order chi connectivity index (χ1) is 9.74. The molecule has 4 heteroatoms. The van der Waals surface area contributed by atoms with Crippen molar-refractivity contribution in [2.24, 2.45) is 0 Å².